The molecule has 2 aliphatic heterocycles. The molecular weight excluding hydrogens is 326 g/mol. The van der Waals surface area contributed by atoms with Crippen LogP contribution in [0.4, 0.5) is 6.01 Å². The molecule has 0 radical (unpaired) electrons. The van der Waals surface area contributed by atoms with Gasteiger partial charge in [-0.3, -0.25) is 4.79 Å². The van der Waals surface area contributed by atoms with Crippen LogP contribution in [0.2, 0.25) is 5.02 Å². The number of carbonyl (C=O) groups is 1. The van der Waals surface area contributed by atoms with Crippen LogP contribution in [0.1, 0.15) is 32.1 Å². The topological polar surface area (TPSA) is 49.6 Å². The van der Waals surface area contributed by atoms with E-state index in [-0.39, 0.29) is 5.92 Å². The van der Waals surface area contributed by atoms with Crippen molar-refractivity contribution in [3.05, 3.63) is 23.2 Å². The van der Waals surface area contributed by atoms with Crippen LogP contribution < -0.4 is 4.90 Å². The maximum atomic E-state index is 12.8. The number of fused-ring (bicyclic) bond motifs is 1. The molecule has 1 aromatic heterocycles. The Hall–Kier alpha value is -1.75. The van der Waals surface area contributed by atoms with E-state index < -0.39 is 0 Å². The van der Waals surface area contributed by atoms with Gasteiger partial charge in [0.25, 0.3) is 6.01 Å². The zero-order chi connectivity index (χ0) is 16.5. The highest BCUT2D eigenvalue weighted by Gasteiger charge is 2.31. The van der Waals surface area contributed by atoms with Crippen molar-refractivity contribution in [3.8, 4) is 0 Å². The Morgan fingerprint density at radius 2 is 2.00 bits per heavy atom. The second-order valence-electron chi connectivity index (χ2n) is 6.78. The van der Waals surface area contributed by atoms with Crippen molar-refractivity contribution in [2.45, 2.75) is 32.1 Å². The highest BCUT2D eigenvalue weighted by atomic mass is 35.5. The predicted octanol–water partition coefficient (Wildman–Crippen LogP) is 3.71. The lowest BCUT2D eigenvalue weighted by atomic mass is 9.96. The number of amides is 1. The Labute approximate surface area is 146 Å². The zero-order valence-corrected chi connectivity index (χ0v) is 14.5. The summed E-state index contributed by atoms with van der Waals surface area (Å²) >= 11 is 6.01. The fraction of sp³-hybridized carbons (Fsp3) is 0.556. The summed E-state index contributed by atoms with van der Waals surface area (Å²) in [4.78, 5) is 21.5. The molecule has 0 bridgehead atoms. The summed E-state index contributed by atoms with van der Waals surface area (Å²) in [6, 6.07) is 6.07. The highest BCUT2D eigenvalue weighted by molar-refractivity contribution is 6.31. The summed E-state index contributed by atoms with van der Waals surface area (Å²) in [5.41, 5.74) is 1.50. The number of anilines is 1. The van der Waals surface area contributed by atoms with Crippen LogP contribution in [-0.2, 0) is 4.79 Å². The third kappa shape index (κ3) is 3.09. The van der Waals surface area contributed by atoms with Gasteiger partial charge in [-0.1, -0.05) is 11.6 Å². The summed E-state index contributed by atoms with van der Waals surface area (Å²) in [7, 11) is 0. The van der Waals surface area contributed by atoms with Crippen molar-refractivity contribution in [1.82, 2.24) is 9.88 Å². The summed E-state index contributed by atoms with van der Waals surface area (Å²) in [5.74, 6) is 0.356. The molecule has 4 rings (SSSR count). The van der Waals surface area contributed by atoms with Crippen molar-refractivity contribution in [2.24, 2.45) is 5.92 Å². The van der Waals surface area contributed by atoms with Crippen LogP contribution in [0.3, 0.4) is 0 Å². The molecule has 1 aromatic carbocycles. The van der Waals surface area contributed by atoms with E-state index in [2.05, 4.69) is 9.88 Å². The number of oxazole rings is 1. The van der Waals surface area contributed by atoms with Crippen molar-refractivity contribution < 1.29 is 9.21 Å². The molecule has 1 amide bonds. The normalized spacial score (nSPS) is 22.1. The first kappa shape index (κ1) is 15.8. The molecule has 6 heteroatoms. The van der Waals surface area contributed by atoms with Gasteiger partial charge in [0, 0.05) is 37.3 Å². The van der Waals surface area contributed by atoms with E-state index in [1.54, 1.807) is 6.07 Å². The smallest absolute Gasteiger partial charge is 0.298 e. The number of hydrogen-bond acceptors (Lipinski definition) is 4. The lowest BCUT2D eigenvalue weighted by Crippen LogP contribution is -2.46. The van der Waals surface area contributed by atoms with E-state index in [4.69, 9.17) is 16.0 Å². The number of piperidine rings is 2. The van der Waals surface area contributed by atoms with Crippen molar-refractivity contribution in [1.29, 1.82) is 0 Å². The van der Waals surface area contributed by atoms with Crippen molar-refractivity contribution in [2.75, 3.05) is 31.1 Å². The lowest BCUT2D eigenvalue weighted by Gasteiger charge is -2.35. The van der Waals surface area contributed by atoms with Gasteiger partial charge < -0.3 is 14.2 Å². The average Bonchev–Trinajstić information content (AvgIpc) is 3.05. The van der Waals surface area contributed by atoms with Gasteiger partial charge in [0.05, 0.1) is 5.92 Å². The molecule has 0 saturated carbocycles. The van der Waals surface area contributed by atoms with Gasteiger partial charge in [0.2, 0.25) is 5.91 Å². The average molecular weight is 348 g/mol. The fourth-order valence-corrected chi connectivity index (χ4v) is 3.91. The van der Waals surface area contributed by atoms with Gasteiger partial charge >= 0.3 is 0 Å². The number of nitrogens with zero attached hydrogens (tertiary/aromatic N) is 3. The Bertz CT molecular complexity index is 739. The third-order valence-electron chi connectivity index (χ3n) is 5.05. The van der Waals surface area contributed by atoms with E-state index in [0.29, 0.717) is 29.1 Å². The molecule has 3 heterocycles. The number of rotatable bonds is 2. The summed E-state index contributed by atoms with van der Waals surface area (Å²) in [6.07, 6.45) is 5.45. The number of hydrogen-bond donors (Lipinski definition) is 0. The van der Waals surface area contributed by atoms with E-state index >= 15 is 0 Å². The Morgan fingerprint density at radius 3 is 2.83 bits per heavy atom. The maximum absolute atomic E-state index is 12.8. The first-order chi connectivity index (χ1) is 11.7. The van der Waals surface area contributed by atoms with Crippen LogP contribution in [0.25, 0.3) is 11.1 Å². The molecule has 24 heavy (non-hydrogen) atoms. The van der Waals surface area contributed by atoms with Crippen molar-refractivity contribution in [3.63, 3.8) is 0 Å². The number of aromatic nitrogens is 1. The number of halogens is 1. The van der Waals surface area contributed by atoms with Crippen LogP contribution in [0, 0.1) is 5.92 Å². The van der Waals surface area contributed by atoms with Crippen LogP contribution in [-0.4, -0.2) is 42.0 Å². The van der Waals surface area contributed by atoms with E-state index in [1.165, 1.54) is 6.42 Å². The Balaban J connectivity index is 1.50. The number of likely N-dealkylation sites (tertiary alicyclic amines) is 1. The number of carbonyl (C=O) groups excluding carboxylic acids is 1. The number of benzene rings is 1. The zero-order valence-electron chi connectivity index (χ0n) is 13.7. The molecule has 0 aliphatic carbocycles. The molecule has 1 unspecified atom stereocenters. The fourth-order valence-electron chi connectivity index (χ4n) is 3.75. The second-order valence-corrected chi connectivity index (χ2v) is 7.22. The van der Waals surface area contributed by atoms with Crippen LogP contribution in [0.15, 0.2) is 22.6 Å². The summed E-state index contributed by atoms with van der Waals surface area (Å²) < 4.78 is 5.87. The van der Waals surface area contributed by atoms with Gasteiger partial charge in [-0.15, -0.1) is 0 Å². The molecule has 2 saturated heterocycles. The first-order valence-corrected chi connectivity index (χ1v) is 9.18. The molecular formula is C18H22ClN3O2. The SMILES string of the molecule is O=C(C1CCCN(c2nc3ccc(Cl)cc3o2)C1)N1CCCCC1. The van der Waals surface area contributed by atoms with Gasteiger partial charge in [-0.05, 0) is 44.2 Å². The molecule has 2 aliphatic rings. The van der Waals surface area contributed by atoms with E-state index in [9.17, 15) is 4.79 Å². The lowest BCUT2D eigenvalue weighted by molar-refractivity contribution is -0.136. The highest BCUT2D eigenvalue weighted by Crippen LogP contribution is 2.29. The van der Waals surface area contributed by atoms with Crippen molar-refractivity contribution >= 4 is 34.6 Å². The van der Waals surface area contributed by atoms with E-state index in [1.807, 2.05) is 17.0 Å². The maximum Gasteiger partial charge on any atom is 0.298 e. The second kappa shape index (κ2) is 6.63. The van der Waals surface area contributed by atoms with Crippen LogP contribution in [0.5, 0.6) is 0 Å². The minimum atomic E-state index is 0.0513. The molecule has 128 valence electrons. The standard InChI is InChI=1S/C18H22ClN3O2/c19-14-6-7-15-16(11-14)24-18(20-15)22-10-4-5-13(12-22)17(23)21-8-2-1-3-9-21/h6-7,11,13H,1-5,8-10,12H2. The Kier molecular flexibility index (Phi) is 4.35. The molecule has 1 atom stereocenters. The summed E-state index contributed by atoms with van der Waals surface area (Å²) in [5, 5.41) is 0.641. The minimum Gasteiger partial charge on any atom is -0.423 e. The molecule has 2 fully saturated rings. The predicted molar refractivity (Wildman–Crippen MR) is 94.4 cm³/mol. The van der Waals surface area contributed by atoms with Gasteiger partial charge in [0.1, 0.15) is 5.52 Å². The van der Waals surface area contributed by atoms with Crippen LogP contribution >= 0.6 is 11.6 Å². The molecule has 0 N–H and O–H groups in total. The molecule has 0 spiro atoms. The van der Waals surface area contributed by atoms with E-state index in [0.717, 1.165) is 50.8 Å². The Morgan fingerprint density at radius 1 is 1.17 bits per heavy atom. The quantitative estimate of drug-likeness (QED) is 0.831. The largest absolute Gasteiger partial charge is 0.423 e. The molecule has 5 nitrogen and oxygen atoms in total. The molecule has 2 aromatic rings. The first-order valence-electron chi connectivity index (χ1n) is 8.80. The monoisotopic (exact) mass is 347 g/mol. The van der Waals surface area contributed by atoms with Gasteiger partial charge in [-0.2, -0.15) is 4.98 Å². The van der Waals surface area contributed by atoms with Gasteiger partial charge in [0.15, 0.2) is 5.58 Å². The summed E-state index contributed by atoms with van der Waals surface area (Å²) in [6.45, 7) is 3.40. The minimum absolute atomic E-state index is 0.0513. The van der Waals surface area contributed by atoms with Gasteiger partial charge in [-0.25, -0.2) is 0 Å². The third-order valence-corrected chi connectivity index (χ3v) is 5.28.